The van der Waals surface area contributed by atoms with Gasteiger partial charge in [-0.15, -0.1) is 0 Å². The molecule has 0 radical (unpaired) electrons. The van der Waals surface area contributed by atoms with Gasteiger partial charge in [0.2, 0.25) is 0 Å². The van der Waals surface area contributed by atoms with Gasteiger partial charge in [-0.2, -0.15) is 11.8 Å². The fourth-order valence-corrected chi connectivity index (χ4v) is 4.71. The fourth-order valence-electron chi connectivity index (χ4n) is 2.07. The SMILES string of the molecule is B[C@@H]1O[C@@]2(C)CS[C@H]1C2OP(=O)(O)S. The van der Waals surface area contributed by atoms with Crippen LogP contribution < -0.4 is 0 Å². The topological polar surface area (TPSA) is 55.8 Å². The van der Waals surface area contributed by atoms with Crippen molar-refractivity contribution >= 4 is 38.7 Å². The van der Waals surface area contributed by atoms with Gasteiger partial charge in [0.05, 0.1) is 5.25 Å². The molecule has 2 heterocycles. The second-order valence-corrected chi connectivity index (χ2v) is 7.80. The maximum Gasteiger partial charge on any atom is 0.383 e. The van der Waals surface area contributed by atoms with Gasteiger partial charge in [-0.05, 0) is 6.92 Å². The highest BCUT2D eigenvalue weighted by Gasteiger charge is 2.58. The lowest BCUT2D eigenvalue weighted by Crippen LogP contribution is -2.37. The van der Waals surface area contributed by atoms with Crippen LogP contribution in [0.1, 0.15) is 6.92 Å². The zero-order valence-corrected chi connectivity index (χ0v) is 10.5. The summed E-state index contributed by atoms with van der Waals surface area (Å²) in [6.45, 7) is -1.80. The highest BCUT2D eigenvalue weighted by Crippen LogP contribution is 2.56. The summed E-state index contributed by atoms with van der Waals surface area (Å²) < 4.78 is 21.9. The molecule has 1 N–H and O–H groups in total. The molecule has 0 aromatic rings. The van der Waals surface area contributed by atoms with Gasteiger partial charge < -0.3 is 9.63 Å². The Balaban J connectivity index is 2.17. The predicted molar refractivity (Wildman–Crippen MR) is 61.8 cm³/mol. The molecule has 2 bridgehead atoms. The first-order chi connectivity index (χ1) is 6.32. The van der Waals surface area contributed by atoms with Crippen LogP contribution >= 0.6 is 30.8 Å². The minimum atomic E-state index is -3.72. The van der Waals surface area contributed by atoms with Gasteiger partial charge >= 0.3 is 6.80 Å². The second kappa shape index (κ2) is 3.44. The summed E-state index contributed by atoms with van der Waals surface area (Å²) in [4.78, 5) is 9.07. The van der Waals surface area contributed by atoms with Gasteiger partial charge in [-0.25, -0.2) is 4.57 Å². The average molecular weight is 254 g/mol. The van der Waals surface area contributed by atoms with Gasteiger partial charge in [0, 0.05) is 11.8 Å². The van der Waals surface area contributed by atoms with Crippen LogP contribution in [0.15, 0.2) is 0 Å². The summed E-state index contributed by atoms with van der Waals surface area (Å²) in [6.07, 6.45) is -0.323. The van der Waals surface area contributed by atoms with Gasteiger partial charge in [0.15, 0.2) is 0 Å². The Morgan fingerprint density at radius 1 is 1.86 bits per heavy atom. The van der Waals surface area contributed by atoms with Crippen LogP contribution in [0.5, 0.6) is 0 Å². The van der Waals surface area contributed by atoms with E-state index >= 15 is 0 Å². The van der Waals surface area contributed by atoms with Crippen LogP contribution in [0.2, 0.25) is 0 Å². The summed E-state index contributed by atoms with van der Waals surface area (Å²) in [6, 6.07) is 0.0728. The summed E-state index contributed by atoms with van der Waals surface area (Å²) >= 11 is 5.26. The summed E-state index contributed by atoms with van der Waals surface area (Å²) in [5, 5.41) is 0.146. The maximum absolute atomic E-state index is 11.1. The molecule has 80 valence electrons. The van der Waals surface area contributed by atoms with Crippen molar-refractivity contribution in [2.45, 2.75) is 29.9 Å². The van der Waals surface area contributed by atoms with E-state index < -0.39 is 12.4 Å². The van der Waals surface area contributed by atoms with Crippen LogP contribution in [0.4, 0.5) is 0 Å². The Labute approximate surface area is 93.2 Å². The molecule has 2 fully saturated rings. The first kappa shape index (κ1) is 11.4. The quantitative estimate of drug-likeness (QED) is 0.420. The molecule has 0 aromatic carbocycles. The number of hydrogen-bond donors (Lipinski definition) is 2. The number of rotatable bonds is 2. The van der Waals surface area contributed by atoms with E-state index in [-0.39, 0.29) is 17.4 Å². The Morgan fingerprint density at radius 2 is 2.50 bits per heavy atom. The largest absolute Gasteiger partial charge is 0.383 e. The van der Waals surface area contributed by atoms with Crippen molar-refractivity contribution in [1.82, 2.24) is 0 Å². The Bertz CT molecular complexity index is 298. The smallest absolute Gasteiger partial charge is 0.376 e. The third kappa shape index (κ3) is 1.90. The highest BCUT2D eigenvalue weighted by atomic mass is 32.7. The van der Waals surface area contributed by atoms with Crippen molar-refractivity contribution in [2.75, 3.05) is 5.75 Å². The highest BCUT2D eigenvalue weighted by molar-refractivity contribution is 8.44. The molecule has 2 aliphatic heterocycles. The van der Waals surface area contributed by atoms with Crippen LogP contribution in [0.3, 0.4) is 0 Å². The summed E-state index contributed by atoms with van der Waals surface area (Å²) in [5.41, 5.74) is -0.435. The second-order valence-electron chi connectivity index (χ2n) is 3.93. The van der Waals surface area contributed by atoms with Crippen molar-refractivity contribution in [1.29, 1.82) is 0 Å². The number of thioether (sulfide) groups is 1. The molecular weight excluding hydrogens is 242 g/mol. The van der Waals surface area contributed by atoms with E-state index in [0.29, 0.717) is 0 Å². The first-order valence-corrected chi connectivity index (χ1v) is 8.13. The summed E-state index contributed by atoms with van der Waals surface area (Å²) in [7, 11) is 1.96. The third-order valence-electron chi connectivity index (χ3n) is 2.63. The molecule has 2 saturated heterocycles. The molecule has 0 aliphatic carbocycles. The molecule has 2 unspecified atom stereocenters. The minimum Gasteiger partial charge on any atom is -0.376 e. The average Bonchev–Trinajstić information content (AvgIpc) is 2.36. The van der Waals surface area contributed by atoms with E-state index in [4.69, 9.17) is 14.2 Å². The predicted octanol–water partition coefficient (Wildman–Crippen LogP) is 0.265. The van der Waals surface area contributed by atoms with Gasteiger partial charge in [0.25, 0.3) is 0 Å². The molecular formula is C6H12BO4PS2. The summed E-state index contributed by atoms with van der Waals surface area (Å²) in [5.74, 6) is 0.806. The monoisotopic (exact) mass is 254 g/mol. The third-order valence-corrected chi connectivity index (χ3v) is 5.17. The lowest BCUT2D eigenvalue weighted by atomic mass is 9.93. The van der Waals surface area contributed by atoms with Gasteiger partial charge in [-0.3, -0.25) is 4.52 Å². The first-order valence-electron chi connectivity index (χ1n) is 4.35. The molecule has 0 spiro atoms. The Hall–Kier alpha value is 0.875. The number of fused-ring (bicyclic) bond motifs is 2. The number of hydrogen-bond acceptors (Lipinski definition) is 4. The number of ether oxygens (including phenoxy) is 1. The van der Waals surface area contributed by atoms with Gasteiger partial charge in [-0.1, -0.05) is 12.2 Å². The molecule has 2 rings (SSSR count). The van der Waals surface area contributed by atoms with E-state index in [0.717, 1.165) is 5.75 Å². The van der Waals surface area contributed by atoms with Crippen LogP contribution in [0, 0.1) is 0 Å². The van der Waals surface area contributed by atoms with Crippen molar-refractivity contribution in [3.05, 3.63) is 0 Å². The minimum absolute atomic E-state index is 0.0728. The van der Waals surface area contributed by atoms with E-state index in [1.807, 2.05) is 14.8 Å². The molecule has 5 atom stereocenters. The van der Waals surface area contributed by atoms with E-state index in [9.17, 15) is 4.57 Å². The lowest BCUT2D eigenvalue weighted by Gasteiger charge is -2.26. The zero-order valence-electron chi connectivity index (χ0n) is 7.91. The van der Waals surface area contributed by atoms with Crippen LogP contribution in [0.25, 0.3) is 0 Å². The van der Waals surface area contributed by atoms with E-state index in [1.54, 1.807) is 11.8 Å². The van der Waals surface area contributed by atoms with Crippen molar-refractivity contribution in [3.63, 3.8) is 0 Å². The van der Waals surface area contributed by atoms with Crippen LogP contribution in [-0.2, 0) is 13.8 Å². The molecule has 0 amide bonds. The van der Waals surface area contributed by atoms with E-state index in [1.165, 1.54) is 0 Å². The van der Waals surface area contributed by atoms with Crippen molar-refractivity contribution < 1.29 is 18.7 Å². The Kier molecular flexibility index (Phi) is 2.79. The molecule has 4 nitrogen and oxygen atoms in total. The van der Waals surface area contributed by atoms with Crippen molar-refractivity contribution in [3.8, 4) is 0 Å². The molecule has 0 aromatic heterocycles. The van der Waals surface area contributed by atoms with Gasteiger partial charge in [0.1, 0.15) is 19.6 Å². The Morgan fingerprint density at radius 3 is 2.86 bits per heavy atom. The molecule has 2 aliphatic rings. The molecule has 0 saturated carbocycles. The van der Waals surface area contributed by atoms with E-state index in [2.05, 4.69) is 12.2 Å². The standard InChI is InChI=1S/C6H12BO4PS2/c1-6-2-14-3(5(7)10-6)4(6)11-12(8,9)13/h3-5H,2,7H2,1H3,(H2,8,9,13)/t3-,4?,5+,6-/m0/s1. The normalized spacial score (nSPS) is 50.6. The molecule has 14 heavy (non-hydrogen) atoms. The zero-order chi connectivity index (χ0) is 10.6. The lowest BCUT2D eigenvalue weighted by molar-refractivity contribution is -0.0254. The maximum atomic E-state index is 11.1. The van der Waals surface area contributed by atoms with Crippen LogP contribution in [-0.4, -0.2) is 41.5 Å². The van der Waals surface area contributed by atoms with Crippen molar-refractivity contribution in [2.24, 2.45) is 0 Å². The molecule has 8 heteroatoms. The number of thiol groups is 1. The fraction of sp³-hybridized carbons (Fsp3) is 1.00.